The van der Waals surface area contributed by atoms with E-state index in [2.05, 4.69) is 10.3 Å². The number of nitrogens with two attached hydrogens (primary N) is 1. The zero-order valence-corrected chi connectivity index (χ0v) is 15.5. The van der Waals surface area contributed by atoms with Crippen molar-refractivity contribution in [3.05, 3.63) is 23.4 Å². The summed E-state index contributed by atoms with van der Waals surface area (Å²) in [5.41, 5.74) is 6.60. The average Bonchev–Trinajstić information content (AvgIpc) is 3.59. The molecule has 2 atom stereocenters. The van der Waals surface area contributed by atoms with Gasteiger partial charge in [-0.1, -0.05) is 0 Å². The van der Waals surface area contributed by atoms with Crippen molar-refractivity contribution in [3.63, 3.8) is 0 Å². The first kappa shape index (κ1) is 18.2. The maximum Gasteiger partial charge on any atom is 0.270 e. The zero-order valence-electron chi connectivity index (χ0n) is 15.5. The molecule has 2 heterocycles. The van der Waals surface area contributed by atoms with Gasteiger partial charge in [-0.05, 0) is 56.4 Å². The zero-order chi connectivity index (χ0) is 18.8. The molecule has 27 heavy (non-hydrogen) atoms. The Morgan fingerprint density at radius 1 is 1.26 bits per heavy atom. The number of nitrogens with one attached hydrogen (secondary N) is 1. The highest BCUT2D eigenvalue weighted by molar-refractivity contribution is 5.94. The molecule has 1 saturated heterocycles. The van der Waals surface area contributed by atoms with Gasteiger partial charge in [-0.2, -0.15) is 0 Å². The van der Waals surface area contributed by atoms with Gasteiger partial charge < -0.3 is 20.5 Å². The molecule has 0 bridgehead atoms. The maximum absolute atomic E-state index is 12.9. The van der Waals surface area contributed by atoms with E-state index < -0.39 is 0 Å². The summed E-state index contributed by atoms with van der Waals surface area (Å²) in [6.07, 6.45) is 6.09. The maximum atomic E-state index is 12.9. The smallest absolute Gasteiger partial charge is 0.270 e. The molecule has 0 spiro atoms. The van der Waals surface area contributed by atoms with Gasteiger partial charge in [-0.15, -0.1) is 0 Å². The quantitative estimate of drug-likeness (QED) is 0.689. The molecule has 7 nitrogen and oxygen atoms in total. The fourth-order valence-corrected chi connectivity index (χ4v) is 3.57. The molecular formula is C20H27N3O4. The molecular weight excluding hydrogens is 346 g/mol. The van der Waals surface area contributed by atoms with E-state index in [1.54, 1.807) is 0 Å². The standard InChI is InChI=1S/C20H27N3O4/c21-19(24)15(13-5-6-13)10-22-20(25)18-14(16-2-1-9-26-16)7-8-17(23-18)27-11-12-3-4-12/h7-8,12-13,15-16H,1-6,9-11H2,(H2,21,24)(H,22,25)/t15-,16?/m1/s1. The molecule has 146 valence electrons. The molecule has 4 rings (SSSR count). The van der Waals surface area contributed by atoms with Crippen LogP contribution in [-0.4, -0.2) is 36.6 Å². The second-order valence-electron chi connectivity index (χ2n) is 7.90. The van der Waals surface area contributed by atoms with Crippen molar-refractivity contribution in [1.82, 2.24) is 10.3 Å². The van der Waals surface area contributed by atoms with Gasteiger partial charge in [0.1, 0.15) is 5.69 Å². The molecule has 2 saturated carbocycles. The van der Waals surface area contributed by atoms with Crippen LogP contribution in [0.25, 0.3) is 0 Å². The van der Waals surface area contributed by atoms with Gasteiger partial charge in [-0.3, -0.25) is 9.59 Å². The highest BCUT2D eigenvalue weighted by Gasteiger charge is 2.35. The van der Waals surface area contributed by atoms with Gasteiger partial charge >= 0.3 is 0 Å². The number of primary amides is 1. The van der Waals surface area contributed by atoms with E-state index in [1.807, 2.05) is 12.1 Å². The SMILES string of the molecule is NC(=O)[C@H](CNC(=O)c1nc(OCC2CC2)ccc1C1CCCO1)C1CC1. The predicted octanol–water partition coefficient (Wildman–Crippen LogP) is 1.96. The van der Waals surface area contributed by atoms with E-state index in [0.717, 1.165) is 31.2 Å². The largest absolute Gasteiger partial charge is 0.477 e. The van der Waals surface area contributed by atoms with Crippen LogP contribution in [0.5, 0.6) is 5.88 Å². The molecule has 1 aromatic rings. The van der Waals surface area contributed by atoms with Gasteiger partial charge in [-0.25, -0.2) is 4.98 Å². The Morgan fingerprint density at radius 2 is 2.07 bits per heavy atom. The Kier molecular flexibility index (Phi) is 5.29. The third-order valence-electron chi connectivity index (χ3n) is 5.60. The number of hydrogen-bond acceptors (Lipinski definition) is 5. The first-order chi connectivity index (χ1) is 13.1. The fraction of sp³-hybridized carbons (Fsp3) is 0.650. The molecule has 1 aromatic heterocycles. The third kappa shape index (κ3) is 4.58. The first-order valence-electron chi connectivity index (χ1n) is 9.94. The van der Waals surface area contributed by atoms with Crippen LogP contribution in [-0.2, 0) is 9.53 Å². The van der Waals surface area contributed by atoms with E-state index in [1.165, 1.54) is 12.8 Å². The Hall–Kier alpha value is -2.15. The lowest BCUT2D eigenvalue weighted by molar-refractivity contribution is -0.122. The van der Waals surface area contributed by atoms with E-state index in [4.69, 9.17) is 15.2 Å². The van der Waals surface area contributed by atoms with Crippen molar-refractivity contribution in [2.45, 2.75) is 44.6 Å². The molecule has 3 aliphatic rings. The summed E-state index contributed by atoms with van der Waals surface area (Å²) in [5.74, 6) is 0.395. The molecule has 3 N–H and O–H groups in total. The van der Waals surface area contributed by atoms with Crippen LogP contribution in [0.4, 0.5) is 0 Å². The number of carbonyl (C=O) groups excluding carboxylic acids is 2. The highest BCUT2D eigenvalue weighted by atomic mass is 16.5. The average molecular weight is 373 g/mol. The van der Waals surface area contributed by atoms with Crippen LogP contribution in [0.1, 0.15) is 60.7 Å². The lowest BCUT2D eigenvalue weighted by Gasteiger charge is -2.17. The predicted molar refractivity (Wildman–Crippen MR) is 98.1 cm³/mol. The normalized spacial score (nSPS) is 23.0. The lowest BCUT2D eigenvalue weighted by Crippen LogP contribution is -2.38. The monoisotopic (exact) mass is 373 g/mol. The lowest BCUT2D eigenvalue weighted by atomic mass is 10.0. The summed E-state index contributed by atoms with van der Waals surface area (Å²) in [7, 11) is 0. The number of nitrogens with zero attached hydrogens (tertiary/aromatic N) is 1. The molecule has 1 aliphatic heterocycles. The van der Waals surface area contributed by atoms with Gasteiger partial charge in [0.2, 0.25) is 11.8 Å². The summed E-state index contributed by atoms with van der Waals surface area (Å²) in [4.78, 5) is 29.0. The number of rotatable bonds is 9. The van der Waals surface area contributed by atoms with Gasteiger partial charge in [0.05, 0.1) is 18.6 Å². The van der Waals surface area contributed by atoms with Crippen molar-refractivity contribution >= 4 is 11.8 Å². The van der Waals surface area contributed by atoms with Crippen LogP contribution in [0, 0.1) is 17.8 Å². The second-order valence-corrected chi connectivity index (χ2v) is 7.90. The third-order valence-corrected chi connectivity index (χ3v) is 5.60. The molecule has 0 radical (unpaired) electrons. The molecule has 1 unspecified atom stereocenters. The molecule has 2 aliphatic carbocycles. The number of pyridine rings is 1. The Labute approximate surface area is 159 Å². The van der Waals surface area contributed by atoms with Crippen molar-refractivity contribution in [1.29, 1.82) is 0 Å². The van der Waals surface area contributed by atoms with Crippen LogP contribution in [0.2, 0.25) is 0 Å². The Morgan fingerprint density at radius 3 is 2.70 bits per heavy atom. The Bertz CT molecular complexity index is 709. The summed E-state index contributed by atoms with van der Waals surface area (Å²) in [5, 5.41) is 2.86. The van der Waals surface area contributed by atoms with Gasteiger partial charge in [0, 0.05) is 24.8 Å². The van der Waals surface area contributed by atoms with Crippen LogP contribution < -0.4 is 15.8 Å². The van der Waals surface area contributed by atoms with Crippen molar-refractivity contribution in [2.24, 2.45) is 23.5 Å². The first-order valence-corrected chi connectivity index (χ1v) is 9.94. The fourth-order valence-electron chi connectivity index (χ4n) is 3.57. The summed E-state index contributed by atoms with van der Waals surface area (Å²) < 4.78 is 11.5. The van der Waals surface area contributed by atoms with Crippen molar-refractivity contribution < 1.29 is 19.1 Å². The number of amides is 2. The molecule has 3 fully saturated rings. The van der Waals surface area contributed by atoms with E-state index in [0.29, 0.717) is 36.6 Å². The number of carbonyl (C=O) groups is 2. The van der Waals surface area contributed by atoms with Crippen LogP contribution >= 0.6 is 0 Å². The molecule has 2 amide bonds. The highest BCUT2D eigenvalue weighted by Crippen LogP contribution is 2.36. The van der Waals surface area contributed by atoms with Crippen LogP contribution in [0.3, 0.4) is 0 Å². The topological polar surface area (TPSA) is 104 Å². The van der Waals surface area contributed by atoms with Crippen molar-refractivity contribution in [2.75, 3.05) is 19.8 Å². The number of hydrogen-bond donors (Lipinski definition) is 2. The van der Waals surface area contributed by atoms with Gasteiger partial charge in [0.25, 0.3) is 5.91 Å². The minimum atomic E-state index is -0.355. The van der Waals surface area contributed by atoms with E-state index in [9.17, 15) is 9.59 Å². The molecule has 0 aromatic carbocycles. The molecule has 7 heteroatoms. The number of aromatic nitrogens is 1. The number of ether oxygens (including phenoxy) is 2. The summed E-state index contributed by atoms with van der Waals surface area (Å²) in [6, 6.07) is 3.69. The Balaban J connectivity index is 1.48. The summed E-state index contributed by atoms with van der Waals surface area (Å²) in [6.45, 7) is 1.58. The van der Waals surface area contributed by atoms with E-state index >= 15 is 0 Å². The minimum Gasteiger partial charge on any atom is -0.477 e. The minimum absolute atomic E-state index is 0.119. The second kappa shape index (κ2) is 7.84. The van der Waals surface area contributed by atoms with Gasteiger partial charge in [0.15, 0.2) is 0 Å². The van der Waals surface area contributed by atoms with Crippen molar-refractivity contribution in [3.8, 4) is 5.88 Å². The van der Waals surface area contributed by atoms with Crippen LogP contribution in [0.15, 0.2) is 12.1 Å². The van der Waals surface area contributed by atoms with E-state index in [-0.39, 0.29) is 30.4 Å². The summed E-state index contributed by atoms with van der Waals surface area (Å²) >= 11 is 0.